The summed E-state index contributed by atoms with van der Waals surface area (Å²) in [6.07, 6.45) is 2.30. The predicted molar refractivity (Wildman–Crippen MR) is 101 cm³/mol. The highest BCUT2D eigenvalue weighted by molar-refractivity contribution is 7.18. The fourth-order valence-electron chi connectivity index (χ4n) is 2.66. The number of amides is 1. The van der Waals surface area contributed by atoms with E-state index in [4.69, 9.17) is 4.74 Å². The van der Waals surface area contributed by atoms with E-state index in [-0.39, 0.29) is 5.91 Å². The molecule has 2 aromatic heterocycles. The molecule has 0 unspecified atom stereocenters. The van der Waals surface area contributed by atoms with E-state index in [1.807, 2.05) is 43.3 Å². The SMILES string of the molecule is COc1ccc(-c2nnc(NC(=O)c3nc(C4CC4)ccc3C)s2)cc1. The van der Waals surface area contributed by atoms with E-state index < -0.39 is 0 Å². The average Bonchev–Trinajstić information content (AvgIpc) is 3.41. The monoisotopic (exact) mass is 366 g/mol. The molecule has 1 aliphatic carbocycles. The molecule has 1 aliphatic rings. The third-order valence-electron chi connectivity index (χ3n) is 4.31. The number of nitrogens with zero attached hydrogens (tertiary/aromatic N) is 3. The number of aryl methyl sites for hydroxylation is 1. The molecule has 1 N–H and O–H groups in total. The molecular weight excluding hydrogens is 348 g/mol. The maximum atomic E-state index is 12.6. The maximum absolute atomic E-state index is 12.6. The molecule has 7 heteroatoms. The molecule has 1 amide bonds. The lowest BCUT2D eigenvalue weighted by Crippen LogP contribution is -2.16. The first-order chi connectivity index (χ1) is 12.6. The minimum atomic E-state index is -0.248. The minimum absolute atomic E-state index is 0.248. The highest BCUT2D eigenvalue weighted by atomic mass is 32.1. The standard InChI is InChI=1S/C19H18N4O2S/c1-11-3-10-15(12-4-5-12)20-16(11)17(24)21-19-23-22-18(26-19)13-6-8-14(25-2)9-7-13/h3,6-10,12H,4-5H2,1-2H3,(H,21,23,24). The van der Waals surface area contributed by atoms with Crippen LogP contribution in [-0.4, -0.2) is 28.2 Å². The van der Waals surface area contributed by atoms with Crippen LogP contribution in [0.3, 0.4) is 0 Å². The molecule has 132 valence electrons. The van der Waals surface area contributed by atoms with E-state index in [2.05, 4.69) is 20.5 Å². The van der Waals surface area contributed by atoms with Crippen molar-refractivity contribution < 1.29 is 9.53 Å². The van der Waals surface area contributed by atoms with Crippen molar-refractivity contribution in [3.8, 4) is 16.3 Å². The van der Waals surface area contributed by atoms with Crippen LogP contribution in [0.4, 0.5) is 5.13 Å². The molecule has 0 radical (unpaired) electrons. The zero-order valence-electron chi connectivity index (χ0n) is 14.5. The lowest BCUT2D eigenvalue weighted by Gasteiger charge is -2.06. The number of aromatic nitrogens is 3. The van der Waals surface area contributed by atoms with Crippen LogP contribution in [-0.2, 0) is 0 Å². The number of anilines is 1. The zero-order valence-corrected chi connectivity index (χ0v) is 15.3. The van der Waals surface area contributed by atoms with Gasteiger partial charge in [0.1, 0.15) is 16.5 Å². The summed E-state index contributed by atoms with van der Waals surface area (Å²) < 4.78 is 5.16. The first kappa shape index (κ1) is 16.7. The van der Waals surface area contributed by atoms with Crippen LogP contribution < -0.4 is 10.1 Å². The number of hydrogen-bond acceptors (Lipinski definition) is 6. The Balaban J connectivity index is 1.51. The van der Waals surface area contributed by atoms with Gasteiger partial charge in [0, 0.05) is 17.2 Å². The highest BCUT2D eigenvalue weighted by Crippen LogP contribution is 2.39. The fourth-order valence-corrected chi connectivity index (χ4v) is 3.40. The van der Waals surface area contributed by atoms with Crippen LogP contribution in [0.1, 0.15) is 40.5 Å². The molecule has 0 atom stereocenters. The van der Waals surface area contributed by atoms with Crippen molar-refractivity contribution in [2.75, 3.05) is 12.4 Å². The number of pyridine rings is 1. The van der Waals surface area contributed by atoms with Gasteiger partial charge in [-0.05, 0) is 55.7 Å². The second-order valence-electron chi connectivity index (χ2n) is 6.27. The summed E-state index contributed by atoms with van der Waals surface area (Å²) in [5.74, 6) is 1.04. The van der Waals surface area contributed by atoms with Crippen molar-refractivity contribution in [3.63, 3.8) is 0 Å². The third-order valence-corrected chi connectivity index (χ3v) is 5.20. The van der Waals surface area contributed by atoms with E-state index in [1.54, 1.807) is 7.11 Å². The van der Waals surface area contributed by atoms with E-state index >= 15 is 0 Å². The van der Waals surface area contributed by atoms with Crippen molar-refractivity contribution in [1.82, 2.24) is 15.2 Å². The number of ether oxygens (including phenoxy) is 1. The van der Waals surface area contributed by atoms with E-state index in [0.29, 0.717) is 16.7 Å². The molecule has 1 saturated carbocycles. The van der Waals surface area contributed by atoms with Crippen molar-refractivity contribution in [2.45, 2.75) is 25.7 Å². The lowest BCUT2D eigenvalue weighted by atomic mass is 10.1. The van der Waals surface area contributed by atoms with Gasteiger partial charge in [-0.1, -0.05) is 17.4 Å². The quantitative estimate of drug-likeness (QED) is 0.737. The first-order valence-corrected chi connectivity index (χ1v) is 9.22. The van der Waals surface area contributed by atoms with Crippen molar-refractivity contribution in [1.29, 1.82) is 0 Å². The largest absolute Gasteiger partial charge is 0.497 e. The molecule has 1 fully saturated rings. The van der Waals surface area contributed by atoms with Gasteiger partial charge in [0.25, 0.3) is 5.91 Å². The fraction of sp³-hybridized carbons (Fsp3) is 0.263. The Labute approximate surface area is 155 Å². The molecule has 3 aromatic rings. The summed E-state index contributed by atoms with van der Waals surface area (Å²) in [4.78, 5) is 17.2. The van der Waals surface area contributed by atoms with Crippen LogP contribution in [0.2, 0.25) is 0 Å². The van der Waals surface area contributed by atoms with Crippen LogP contribution in [0.15, 0.2) is 36.4 Å². The molecule has 0 aliphatic heterocycles. The normalized spacial score (nSPS) is 13.5. The summed E-state index contributed by atoms with van der Waals surface area (Å²) in [6, 6.07) is 11.5. The summed E-state index contributed by atoms with van der Waals surface area (Å²) in [5.41, 5.74) is 3.23. The van der Waals surface area contributed by atoms with Crippen LogP contribution >= 0.6 is 11.3 Å². The van der Waals surface area contributed by atoms with Gasteiger partial charge in [-0.2, -0.15) is 0 Å². The Morgan fingerprint density at radius 3 is 2.62 bits per heavy atom. The number of methoxy groups -OCH3 is 1. The summed E-state index contributed by atoms with van der Waals surface area (Å²) in [6.45, 7) is 1.89. The molecular formula is C19H18N4O2S. The summed E-state index contributed by atoms with van der Waals surface area (Å²) in [7, 11) is 1.63. The molecule has 1 aromatic carbocycles. The van der Waals surface area contributed by atoms with Crippen LogP contribution in [0.5, 0.6) is 5.75 Å². The van der Waals surface area contributed by atoms with Gasteiger partial charge in [0.05, 0.1) is 7.11 Å². The van der Waals surface area contributed by atoms with Crippen LogP contribution in [0, 0.1) is 6.92 Å². The van der Waals surface area contributed by atoms with Crippen molar-refractivity contribution >= 4 is 22.4 Å². The highest BCUT2D eigenvalue weighted by Gasteiger charge is 2.26. The number of carbonyl (C=O) groups excluding carboxylic acids is 1. The van der Waals surface area contributed by atoms with Gasteiger partial charge in [-0.25, -0.2) is 4.98 Å². The Morgan fingerprint density at radius 1 is 1.15 bits per heavy atom. The number of hydrogen-bond donors (Lipinski definition) is 1. The van der Waals surface area contributed by atoms with Gasteiger partial charge in [-0.15, -0.1) is 10.2 Å². The van der Waals surface area contributed by atoms with Gasteiger partial charge < -0.3 is 4.74 Å². The first-order valence-electron chi connectivity index (χ1n) is 8.41. The molecule has 4 rings (SSSR count). The number of nitrogens with one attached hydrogen (secondary N) is 1. The Bertz CT molecular complexity index is 948. The van der Waals surface area contributed by atoms with Gasteiger partial charge in [0.2, 0.25) is 5.13 Å². The summed E-state index contributed by atoms with van der Waals surface area (Å²) >= 11 is 1.33. The maximum Gasteiger partial charge on any atom is 0.276 e. The Morgan fingerprint density at radius 2 is 1.92 bits per heavy atom. The van der Waals surface area contributed by atoms with Crippen LogP contribution in [0.25, 0.3) is 10.6 Å². The van der Waals surface area contributed by atoms with E-state index in [0.717, 1.165) is 40.4 Å². The second kappa shape index (κ2) is 6.84. The molecule has 0 saturated heterocycles. The van der Waals surface area contributed by atoms with Gasteiger partial charge in [-0.3, -0.25) is 10.1 Å². The zero-order chi connectivity index (χ0) is 18.1. The number of carbonyl (C=O) groups is 1. The van der Waals surface area contributed by atoms with Gasteiger partial charge in [0.15, 0.2) is 0 Å². The smallest absolute Gasteiger partial charge is 0.276 e. The molecule has 6 nitrogen and oxygen atoms in total. The average molecular weight is 366 g/mol. The Hall–Kier alpha value is -2.80. The number of benzene rings is 1. The topological polar surface area (TPSA) is 77.0 Å². The van der Waals surface area contributed by atoms with Crippen molar-refractivity contribution in [3.05, 3.63) is 53.3 Å². The molecule has 26 heavy (non-hydrogen) atoms. The predicted octanol–water partition coefficient (Wildman–Crippen LogP) is 4.05. The molecule has 0 spiro atoms. The van der Waals surface area contributed by atoms with Crippen molar-refractivity contribution in [2.24, 2.45) is 0 Å². The second-order valence-corrected chi connectivity index (χ2v) is 7.25. The molecule has 2 heterocycles. The third kappa shape index (κ3) is 3.43. The number of rotatable bonds is 5. The minimum Gasteiger partial charge on any atom is -0.497 e. The van der Waals surface area contributed by atoms with E-state index in [9.17, 15) is 4.79 Å². The summed E-state index contributed by atoms with van der Waals surface area (Å²) in [5, 5.41) is 12.2. The molecule has 0 bridgehead atoms. The van der Waals surface area contributed by atoms with E-state index in [1.165, 1.54) is 11.3 Å². The van der Waals surface area contributed by atoms with Gasteiger partial charge >= 0.3 is 0 Å². The lowest BCUT2D eigenvalue weighted by molar-refractivity contribution is 0.102. The Kier molecular flexibility index (Phi) is 4.38.